The van der Waals surface area contributed by atoms with Crippen molar-refractivity contribution in [3.8, 4) is 0 Å². The molecule has 0 amide bonds. The molecule has 64 valence electrons. The molecule has 2 fully saturated rings. The highest BCUT2D eigenvalue weighted by Crippen LogP contribution is 2.37. The molecule has 2 atom stereocenters. The van der Waals surface area contributed by atoms with Crippen LogP contribution < -0.4 is 5.32 Å². The highest BCUT2D eigenvalue weighted by molar-refractivity contribution is 4.83. The summed E-state index contributed by atoms with van der Waals surface area (Å²) in [5.74, 6) is 3.03. The van der Waals surface area contributed by atoms with Crippen molar-refractivity contribution in [2.45, 2.75) is 32.6 Å². The van der Waals surface area contributed by atoms with Crippen LogP contribution in [-0.4, -0.2) is 13.1 Å². The van der Waals surface area contributed by atoms with Gasteiger partial charge in [-0.05, 0) is 37.3 Å². The summed E-state index contributed by atoms with van der Waals surface area (Å²) in [6, 6.07) is 0. The van der Waals surface area contributed by atoms with Crippen LogP contribution in [0.4, 0.5) is 0 Å². The molecule has 0 radical (unpaired) electrons. The molecule has 1 N–H and O–H groups in total. The largest absolute Gasteiger partial charge is 0.316 e. The molecule has 1 heteroatoms. The molecule has 2 aliphatic rings. The van der Waals surface area contributed by atoms with Crippen molar-refractivity contribution in [2.24, 2.45) is 17.8 Å². The lowest BCUT2D eigenvalue weighted by molar-refractivity contribution is 0.149. The molecule has 2 unspecified atom stereocenters. The third-order valence-corrected chi connectivity index (χ3v) is 3.42. The topological polar surface area (TPSA) is 12.0 Å². The number of nitrogens with one attached hydrogen (secondary N) is 1. The van der Waals surface area contributed by atoms with Gasteiger partial charge in [-0.2, -0.15) is 0 Å². The molecule has 11 heavy (non-hydrogen) atoms. The second kappa shape index (κ2) is 3.14. The third-order valence-electron chi connectivity index (χ3n) is 3.42. The van der Waals surface area contributed by atoms with Gasteiger partial charge in [0.2, 0.25) is 0 Å². The molecule has 1 aliphatic carbocycles. The first-order valence-corrected chi connectivity index (χ1v) is 5.07. The van der Waals surface area contributed by atoms with Gasteiger partial charge in [-0.25, -0.2) is 0 Å². The normalized spacial score (nSPS) is 40.1. The zero-order valence-corrected chi connectivity index (χ0v) is 7.47. The van der Waals surface area contributed by atoms with Crippen molar-refractivity contribution in [1.29, 1.82) is 0 Å². The van der Waals surface area contributed by atoms with E-state index in [4.69, 9.17) is 0 Å². The molecule has 1 aliphatic heterocycles. The molecule has 0 aromatic heterocycles. The number of piperidine rings is 1. The number of rotatable bonds is 1. The number of hydrogen-bond donors (Lipinski definition) is 1. The second-order valence-electron chi connectivity index (χ2n) is 4.45. The molecule has 0 aromatic rings. The molecule has 0 bridgehead atoms. The van der Waals surface area contributed by atoms with E-state index in [0.29, 0.717) is 0 Å². The molecule has 1 saturated heterocycles. The average Bonchev–Trinajstić information content (AvgIpc) is 1.83. The Balaban J connectivity index is 1.82. The summed E-state index contributed by atoms with van der Waals surface area (Å²) in [7, 11) is 0. The lowest BCUT2D eigenvalue weighted by atomic mass is 9.71. The van der Waals surface area contributed by atoms with Crippen LogP contribution >= 0.6 is 0 Å². The monoisotopic (exact) mass is 153 g/mol. The van der Waals surface area contributed by atoms with Gasteiger partial charge in [0, 0.05) is 0 Å². The molecule has 0 aromatic carbocycles. The van der Waals surface area contributed by atoms with Crippen LogP contribution in [0.5, 0.6) is 0 Å². The van der Waals surface area contributed by atoms with Crippen LogP contribution in [-0.2, 0) is 0 Å². The molecule has 2 rings (SSSR count). The van der Waals surface area contributed by atoms with Crippen LogP contribution in [0.1, 0.15) is 32.6 Å². The summed E-state index contributed by atoms with van der Waals surface area (Å²) in [5.41, 5.74) is 0. The van der Waals surface area contributed by atoms with Gasteiger partial charge >= 0.3 is 0 Å². The maximum absolute atomic E-state index is 3.53. The Morgan fingerprint density at radius 2 is 1.91 bits per heavy atom. The van der Waals surface area contributed by atoms with Crippen molar-refractivity contribution < 1.29 is 0 Å². The van der Waals surface area contributed by atoms with Crippen LogP contribution in [0.15, 0.2) is 0 Å². The standard InChI is InChI=1S/C10H19N/c1-8-5-10(7-11-6-8)9-3-2-4-9/h8-11H,2-7H2,1H3. The van der Waals surface area contributed by atoms with E-state index in [0.717, 1.165) is 17.8 Å². The molecular formula is C10H19N. The van der Waals surface area contributed by atoms with Crippen LogP contribution in [0.3, 0.4) is 0 Å². The van der Waals surface area contributed by atoms with E-state index >= 15 is 0 Å². The van der Waals surface area contributed by atoms with Crippen molar-refractivity contribution >= 4 is 0 Å². The maximum Gasteiger partial charge on any atom is -0.00176 e. The minimum Gasteiger partial charge on any atom is -0.316 e. The highest BCUT2D eigenvalue weighted by atomic mass is 14.9. The van der Waals surface area contributed by atoms with Gasteiger partial charge in [0.05, 0.1) is 0 Å². The summed E-state index contributed by atoms with van der Waals surface area (Å²) in [6.07, 6.45) is 6.01. The lowest BCUT2D eigenvalue weighted by Gasteiger charge is -2.38. The fraction of sp³-hybridized carbons (Fsp3) is 1.00. The average molecular weight is 153 g/mol. The van der Waals surface area contributed by atoms with Crippen molar-refractivity contribution in [3.05, 3.63) is 0 Å². The predicted octanol–water partition coefficient (Wildman–Crippen LogP) is 2.03. The minimum atomic E-state index is 0.925. The Morgan fingerprint density at radius 1 is 1.09 bits per heavy atom. The molecular weight excluding hydrogens is 134 g/mol. The van der Waals surface area contributed by atoms with Gasteiger partial charge in [-0.3, -0.25) is 0 Å². The predicted molar refractivity (Wildman–Crippen MR) is 47.5 cm³/mol. The smallest absolute Gasteiger partial charge is 0.00176 e. The van der Waals surface area contributed by atoms with E-state index in [1.54, 1.807) is 0 Å². The van der Waals surface area contributed by atoms with Gasteiger partial charge in [-0.15, -0.1) is 0 Å². The number of hydrogen-bond acceptors (Lipinski definition) is 1. The van der Waals surface area contributed by atoms with Gasteiger partial charge in [0.1, 0.15) is 0 Å². The second-order valence-corrected chi connectivity index (χ2v) is 4.45. The molecule has 1 saturated carbocycles. The van der Waals surface area contributed by atoms with E-state index in [1.165, 1.54) is 38.8 Å². The summed E-state index contributed by atoms with van der Waals surface area (Å²) in [6.45, 7) is 4.93. The zero-order valence-electron chi connectivity index (χ0n) is 7.47. The maximum atomic E-state index is 3.53. The van der Waals surface area contributed by atoms with Crippen molar-refractivity contribution in [1.82, 2.24) is 5.32 Å². The fourth-order valence-electron chi connectivity index (χ4n) is 2.47. The van der Waals surface area contributed by atoms with Gasteiger partial charge < -0.3 is 5.32 Å². The quantitative estimate of drug-likeness (QED) is 0.608. The van der Waals surface area contributed by atoms with Crippen LogP contribution in [0.25, 0.3) is 0 Å². The van der Waals surface area contributed by atoms with E-state index in [9.17, 15) is 0 Å². The van der Waals surface area contributed by atoms with Crippen molar-refractivity contribution in [2.75, 3.05) is 13.1 Å². The summed E-state index contributed by atoms with van der Waals surface area (Å²) in [4.78, 5) is 0. The molecule has 0 spiro atoms. The summed E-state index contributed by atoms with van der Waals surface area (Å²) >= 11 is 0. The van der Waals surface area contributed by atoms with E-state index in [-0.39, 0.29) is 0 Å². The molecule has 1 heterocycles. The Labute approximate surface area is 69.6 Å². The Bertz CT molecular complexity index is 129. The summed E-state index contributed by atoms with van der Waals surface area (Å²) in [5, 5.41) is 3.53. The Morgan fingerprint density at radius 3 is 2.45 bits per heavy atom. The zero-order chi connectivity index (χ0) is 7.68. The summed E-state index contributed by atoms with van der Waals surface area (Å²) < 4.78 is 0. The first-order valence-electron chi connectivity index (χ1n) is 5.07. The minimum absolute atomic E-state index is 0.925. The molecule has 1 nitrogen and oxygen atoms in total. The van der Waals surface area contributed by atoms with Crippen LogP contribution in [0, 0.1) is 17.8 Å². The van der Waals surface area contributed by atoms with Crippen molar-refractivity contribution in [3.63, 3.8) is 0 Å². The first-order chi connectivity index (χ1) is 5.36. The van der Waals surface area contributed by atoms with Gasteiger partial charge in [0.25, 0.3) is 0 Å². The van der Waals surface area contributed by atoms with Gasteiger partial charge in [0.15, 0.2) is 0 Å². The SMILES string of the molecule is CC1CNCC(C2CCC2)C1. The highest BCUT2D eigenvalue weighted by Gasteiger charge is 2.29. The van der Waals surface area contributed by atoms with Gasteiger partial charge in [-0.1, -0.05) is 26.2 Å². The van der Waals surface area contributed by atoms with E-state index in [2.05, 4.69) is 12.2 Å². The van der Waals surface area contributed by atoms with E-state index < -0.39 is 0 Å². The third kappa shape index (κ3) is 1.58. The lowest BCUT2D eigenvalue weighted by Crippen LogP contribution is -2.40. The Kier molecular flexibility index (Phi) is 2.17. The van der Waals surface area contributed by atoms with E-state index in [1.807, 2.05) is 0 Å². The fourth-order valence-corrected chi connectivity index (χ4v) is 2.47. The first kappa shape index (κ1) is 7.60. The Hall–Kier alpha value is -0.0400. The van der Waals surface area contributed by atoms with Crippen LogP contribution in [0.2, 0.25) is 0 Å².